The molecule has 0 rings (SSSR count). The van der Waals surface area contributed by atoms with Gasteiger partial charge in [0.15, 0.2) is 0 Å². The molecular weight excluding hydrogens is 215 g/mol. The molecule has 5 heteroatoms. The second-order valence-corrected chi connectivity index (χ2v) is 4.94. The lowest BCUT2D eigenvalue weighted by molar-refractivity contribution is -0.0897. The molecular formula is C12H24BN2O2. The van der Waals surface area contributed by atoms with Crippen molar-refractivity contribution in [3.8, 4) is 0 Å². The molecule has 0 aromatic heterocycles. The number of azo groups is 1. The summed E-state index contributed by atoms with van der Waals surface area (Å²) in [6.45, 7) is 11.8. The van der Waals surface area contributed by atoms with E-state index in [0.717, 1.165) is 11.9 Å². The smallest absolute Gasteiger partial charge is 0.328 e. The maximum absolute atomic E-state index is 9.94. The van der Waals surface area contributed by atoms with E-state index in [0.29, 0.717) is 6.54 Å². The van der Waals surface area contributed by atoms with Crippen LogP contribution in [0.3, 0.4) is 0 Å². The number of aliphatic hydroxyl groups is 1. The molecule has 1 radical (unpaired) electrons. The minimum absolute atomic E-state index is 0.650. The van der Waals surface area contributed by atoms with Crippen LogP contribution in [0.1, 0.15) is 48.0 Å². The molecule has 0 fully saturated rings. The van der Waals surface area contributed by atoms with E-state index in [4.69, 9.17) is 4.65 Å². The van der Waals surface area contributed by atoms with Crippen molar-refractivity contribution < 1.29 is 9.76 Å². The summed E-state index contributed by atoms with van der Waals surface area (Å²) in [5, 5.41) is 17.7. The summed E-state index contributed by atoms with van der Waals surface area (Å²) < 4.78 is 5.63. The molecule has 0 atom stereocenters. The van der Waals surface area contributed by atoms with E-state index < -0.39 is 11.2 Å². The lowest BCUT2D eigenvalue weighted by Gasteiger charge is -2.37. The number of allylic oxidation sites excluding steroid dienone is 1. The highest BCUT2D eigenvalue weighted by Crippen LogP contribution is 2.25. The zero-order valence-electron chi connectivity index (χ0n) is 11.8. The van der Waals surface area contributed by atoms with E-state index >= 15 is 0 Å². The summed E-state index contributed by atoms with van der Waals surface area (Å²) >= 11 is 0. The molecule has 0 heterocycles. The Labute approximate surface area is 105 Å². The lowest BCUT2D eigenvalue weighted by atomic mass is 9.81. The van der Waals surface area contributed by atoms with Gasteiger partial charge in [0.1, 0.15) is 0 Å². The van der Waals surface area contributed by atoms with Gasteiger partial charge in [-0.3, -0.25) is 0 Å². The van der Waals surface area contributed by atoms with Crippen molar-refractivity contribution in [1.82, 2.24) is 0 Å². The Balaban J connectivity index is 4.43. The van der Waals surface area contributed by atoms with Crippen molar-refractivity contribution in [3.63, 3.8) is 0 Å². The Bertz CT molecular complexity index is 281. The molecule has 0 aromatic carbocycles. The van der Waals surface area contributed by atoms with Crippen molar-refractivity contribution >= 4 is 7.48 Å². The summed E-state index contributed by atoms with van der Waals surface area (Å²) in [7, 11) is 1.65. The maximum atomic E-state index is 9.94. The van der Waals surface area contributed by atoms with E-state index in [9.17, 15) is 5.11 Å². The van der Waals surface area contributed by atoms with Crippen molar-refractivity contribution in [2.24, 2.45) is 10.2 Å². The predicted octanol–water partition coefficient (Wildman–Crippen LogP) is 2.90. The van der Waals surface area contributed by atoms with E-state index in [1.165, 1.54) is 0 Å². The molecule has 4 nitrogen and oxygen atoms in total. The third kappa shape index (κ3) is 5.98. The van der Waals surface area contributed by atoms with Crippen LogP contribution in [0.25, 0.3) is 0 Å². The van der Waals surface area contributed by atoms with Crippen LogP contribution in [-0.2, 0) is 4.65 Å². The van der Waals surface area contributed by atoms with Crippen LogP contribution >= 0.6 is 0 Å². The highest BCUT2D eigenvalue weighted by Gasteiger charge is 2.35. The fraction of sp³-hybridized carbons (Fsp3) is 0.833. The molecule has 17 heavy (non-hydrogen) atoms. The van der Waals surface area contributed by atoms with Crippen molar-refractivity contribution in [2.45, 2.75) is 59.2 Å². The largest absolute Gasteiger partial charge is 0.427 e. The van der Waals surface area contributed by atoms with Gasteiger partial charge in [-0.1, -0.05) is 12.4 Å². The number of nitrogens with zero attached hydrogens (tertiary/aromatic N) is 2. The summed E-state index contributed by atoms with van der Waals surface area (Å²) in [6, 6.07) is 0. The fourth-order valence-corrected chi connectivity index (χ4v) is 0.769. The molecule has 0 aliphatic heterocycles. The molecule has 0 bridgehead atoms. The average molecular weight is 239 g/mol. The molecule has 0 aliphatic carbocycles. The van der Waals surface area contributed by atoms with Crippen LogP contribution in [-0.4, -0.2) is 30.3 Å². The highest BCUT2D eigenvalue weighted by atomic mass is 16.5. The van der Waals surface area contributed by atoms with Crippen molar-refractivity contribution in [2.75, 3.05) is 6.54 Å². The Morgan fingerprint density at radius 2 is 1.88 bits per heavy atom. The Hall–Kier alpha value is -0.675. The molecule has 0 spiro atoms. The van der Waals surface area contributed by atoms with Gasteiger partial charge in [-0.05, 0) is 41.0 Å². The minimum atomic E-state index is -0.909. The maximum Gasteiger partial charge on any atom is 0.328 e. The SMILES string of the molecule is CCN=N/C=C(/[B]OC(C)(C)C(C)(C)O)CC. The van der Waals surface area contributed by atoms with E-state index in [2.05, 4.69) is 10.2 Å². The van der Waals surface area contributed by atoms with Gasteiger partial charge in [0.2, 0.25) is 0 Å². The van der Waals surface area contributed by atoms with Gasteiger partial charge in [-0.15, -0.1) is 0 Å². The monoisotopic (exact) mass is 239 g/mol. The Kier molecular flexibility index (Phi) is 6.64. The Morgan fingerprint density at radius 1 is 1.29 bits per heavy atom. The molecule has 0 aromatic rings. The third-order valence-corrected chi connectivity index (χ3v) is 2.83. The van der Waals surface area contributed by atoms with Crippen molar-refractivity contribution in [1.29, 1.82) is 0 Å². The van der Waals surface area contributed by atoms with Crippen LogP contribution in [0.2, 0.25) is 0 Å². The van der Waals surface area contributed by atoms with E-state index in [-0.39, 0.29) is 0 Å². The zero-order valence-corrected chi connectivity index (χ0v) is 11.8. The molecule has 0 aliphatic rings. The quantitative estimate of drug-likeness (QED) is 0.548. The normalized spacial score (nSPS) is 14.4. The first-order valence-electron chi connectivity index (χ1n) is 6.03. The van der Waals surface area contributed by atoms with E-state index in [1.807, 2.05) is 27.7 Å². The van der Waals surface area contributed by atoms with Crippen LogP contribution in [0, 0.1) is 0 Å². The molecule has 0 saturated heterocycles. The summed E-state index contributed by atoms with van der Waals surface area (Å²) in [6.07, 6.45) is 2.49. The standard InChI is InChI=1S/C12H24BN2O2/c1-7-10(9-15-14-8-2)13-17-12(5,6)11(3,4)16/h9,16H,7-8H2,1-6H3/b10-9+,15-14?. The fourth-order valence-electron chi connectivity index (χ4n) is 0.769. The van der Waals surface area contributed by atoms with Crippen LogP contribution in [0.5, 0.6) is 0 Å². The van der Waals surface area contributed by atoms with Gasteiger partial charge >= 0.3 is 7.48 Å². The zero-order chi connectivity index (χ0) is 13.5. The van der Waals surface area contributed by atoms with Crippen LogP contribution < -0.4 is 0 Å². The van der Waals surface area contributed by atoms with Gasteiger partial charge < -0.3 is 9.76 Å². The third-order valence-electron chi connectivity index (χ3n) is 2.83. The highest BCUT2D eigenvalue weighted by molar-refractivity contribution is 6.38. The number of hydrogen-bond acceptors (Lipinski definition) is 4. The van der Waals surface area contributed by atoms with Gasteiger partial charge in [-0.25, -0.2) is 0 Å². The van der Waals surface area contributed by atoms with Gasteiger partial charge in [-0.2, -0.15) is 10.2 Å². The molecule has 0 amide bonds. The van der Waals surface area contributed by atoms with Gasteiger partial charge in [0.25, 0.3) is 0 Å². The second-order valence-electron chi connectivity index (χ2n) is 4.94. The lowest BCUT2D eigenvalue weighted by Crippen LogP contribution is -2.48. The first-order chi connectivity index (χ1) is 7.74. The molecule has 97 valence electrons. The topological polar surface area (TPSA) is 54.2 Å². The van der Waals surface area contributed by atoms with Gasteiger partial charge in [0.05, 0.1) is 17.7 Å². The van der Waals surface area contributed by atoms with Crippen molar-refractivity contribution in [3.05, 3.63) is 11.7 Å². The molecule has 1 N–H and O–H groups in total. The van der Waals surface area contributed by atoms with E-state index in [1.54, 1.807) is 27.5 Å². The summed E-state index contributed by atoms with van der Waals surface area (Å²) in [4.78, 5) is 0. The minimum Gasteiger partial charge on any atom is -0.427 e. The first-order valence-corrected chi connectivity index (χ1v) is 6.03. The Morgan fingerprint density at radius 3 is 2.29 bits per heavy atom. The average Bonchev–Trinajstić information content (AvgIpc) is 2.21. The summed E-state index contributed by atoms with van der Waals surface area (Å²) in [5.74, 6) is 0. The first kappa shape index (κ1) is 16.3. The predicted molar refractivity (Wildman–Crippen MR) is 71.0 cm³/mol. The molecule has 0 unspecified atom stereocenters. The second kappa shape index (κ2) is 6.92. The van der Waals surface area contributed by atoms with Crippen LogP contribution in [0.15, 0.2) is 21.9 Å². The van der Waals surface area contributed by atoms with Gasteiger partial charge in [0, 0.05) is 6.20 Å². The molecule has 0 saturated carbocycles. The number of hydrogen-bond donors (Lipinski definition) is 1. The van der Waals surface area contributed by atoms with Crippen LogP contribution in [0.4, 0.5) is 0 Å². The number of rotatable bonds is 7. The summed E-state index contributed by atoms with van der Waals surface area (Å²) in [5.41, 5.74) is -0.615.